The molecule has 0 radical (unpaired) electrons. The zero-order chi connectivity index (χ0) is 16.1. The van der Waals surface area contributed by atoms with Crippen molar-refractivity contribution in [2.24, 2.45) is 0 Å². The topological polar surface area (TPSA) is 78.8 Å². The van der Waals surface area contributed by atoms with Crippen LogP contribution in [0, 0.1) is 11.3 Å². The minimum atomic E-state index is -0.216. The van der Waals surface area contributed by atoms with Crippen LogP contribution in [0.5, 0.6) is 5.75 Å². The third kappa shape index (κ3) is 3.44. The molecule has 0 amide bonds. The molecule has 3 rings (SSSR count). The van der Waals surface area contributed by atoms with Crippen molar-refractivity contribution in [3.8, 4) is 23.2 Å². The van der Waals surface area contributed by atoms with Gasteiger partial charge in [0, 0.05) is 12.3 Å². The van der Waals surface area contributed by atoms with Gasteiger partial charge in [0.05, 0.1) is 17.2 Å². The van der Waals surface area contributed by atoms with Gasteiger partial charge in [0.15, 0.2) is 0 Å². The largest absolute Gasteiger partial charge is 0.488 e. The summed E-state index contributed by atoms with van der Waals surface area (Å²) in [6.07, 6.45) is 1.46. The van der Waals surface area contributed by atoms with Crippen LogP contribution in [-0.2, 0) is 6.61 Å². The van der Waals surface area contributed by atoms with Gasteiger partial charge < -0.3 is 9.72 Å². The second-order valence-electron chi connectivity index (χ2n) is 4.88. The average molecular weight is 303 g/mol. The lowest BCUT2D eigenvalue weighted by Gasteiger charge is -2.11. The standard InChI is InChI=1S/C18H13N3O2/c19-11-13-4-3-5-14(10-13)12-23-16-7-2-1-6-15(16)18-20-9-8-17(22)21-18/h1-10H,12H2,(H,20,21,22). The molecule has 0 atom stereocenters. The van der Waals surface area contributed by atoms with E-state index in [9.17, 15) is 4.79 Å². The monoisotopic (exact) mass is 303 g/mol. The zero-order valence-electron chi connectivity index (χ0n) is 12.2. The summed E-state index contributed by atoms with van der Waals surface area (Å²) in [5, 5.41) is 8.93. The molecule has 0 aliphatic carbocycles. The van der Waals surface area contributed by atoms with Crippen molar-refractivity contribution in [2.75, 3.05) is 0 Å². The summed E-state index contributed by atoms with van der Waals surface area (Å²) in [6, 6.07) is 18.1. The lowest BCUT2D eigenvalue weighted by Crippen LogP contribution is -2.06. The second-order valence-corrected chi connectivity index (χ2v) is 4.88. The molecule has 1 aromatic heterocycles. The van der Waals surface area contributed by atoms with Gasteiger partial charge in [-0.1, -0.05) is 24.3 Å². The lowest BCUT2D eigenvalue weighted by atomic mass is 10.1. The molecule has 0 spiro atoms. The number of H-pyrrole nitrogens is 1. The summed E-state index contributed by atoms with van der Waals surface area (Å²) in [5.74, 6) is 1.07. The van der Waals surface area contributed by atoms with Crippen LogP contribution in [0.1, 0.15) is 11.1 Å². The van der Waals surface area contributed by atoms with Crippen molar-refractivity contribution < 1.29 is 4.74 Å². The highest BCUT2D eigenvalue weighted by Gasteiger charge is 2.08. The van der Waals surface area contributed by atoms with Gasteiger partial charge in [0.25, 0.3) is 5.56 Å². The fourth-order valence-corrected chi connectivity index (χ4v) is 2.19. The maximum atomic E-state index is 11.5. The highest BCUT2D eigenvalue weighted by atomic mass is 16.5. The van der Waals surface area contributed by atoms with E-state index in [1.165, 1.54) is 12.3 Å². The van der Waals surface area contributed by atoms with Crippen LogP contribution in [0.3, 0.4) is 0 Å². The van der Waals surface area contributed by atoms with Crippen LogP contribution < -0.4 is 10.3 Å². The van der Waals surface area contributed by atoms with Crippen molar-refractivity contribution in [1.82, 2.24) is 9.97 Å². The first-order chi connectivity index (χ1) is 11.3. The maximum absolute atomic E-state index is 11.5. The molecule has 112 valence electrons. The Balaban J connectivity index is 1.86. The van der Waals surface area contributed by atoms with E-state index >= 15 is 0 Å². The molecule has 0 fully saturated rings. The van der Waals surface area contributed by atoms with Gasteiger partial charge >= 0.3 is 0 Å². The minimum Gasteiger partial charge on any atom is -0.488 e. The van der Waals surface area contributed by atoms with Crippen molar-refractivity contribution in [3.63, 3.8) is 0 Å². The quantitative estimate of drug-likeness (QED) is 0.803. The molecule has 3 aromatic rings. The summed E-state index contributed by atoms with van der Waals surface area (Å²) in [5.41, 5.74) is 1.98. The van der Waals surface area contributed by atoms with Gasteiger partial charge in [-0.2, -0.15) is 5.26 Å². The number of benzene rings is 2. The molecular formula is C18H13N3O2. The third-order valence-electron chi connectivity index (χ3n) is 3.26. The summed E-state index contributed by atoms with van der Waals surface area (Å²) >= 11 is 0. The molecule has 2 aromatic carbocycles. The SMILES string of the molecule is N#Cc1cccc(COc2ccccc2-c2nccc(=O)[nH]2)c1. The first kappa shape index (κ1) is 14.5. The summed E-state index contributed by atoms with van der Waals surface area (Å²) in [7, 11) is 0. The normalized spacial score (nSPS) is 10.0. The Labute approximate surface area is 132 Å². The number of aromatic amines is 1. The van der Waals surface area contributed by atoms with Crippen LogP contribution in [0.25, 0.3) is 11.4 Å². The van der Waals surface area contributed by atoms with Gasteiger partial charge in [0.1, 0.15) is 18.2 Å². The fourth-order valence-electron chi connectivity index (χ4n) is 2.19. The van der Waals surface area contributed by atoms with E-state index in [2.05, 4.69) is 16.0 Å². The number of nitrogens with zero attached hydrogens (tertiary/aromatic N) is 2. The van der Waals surface area contributed by atoms with Crippen LogP contribution in [0.15, 0.2) is 65.6 Å². The van der Waals surface area contributed by atoms with E-state index in [0.717, 1.165) is 5.56 Å². The van der Waals surface area contributed by atoms with Gasteiger partial charge in [-0.15, -0.1) is 0 Å². The molecule has 0 bridgehead atoms. The van der Waals surface area contributed by atoms with Gasteiger partial charge in [0.2, 0.25) is 0 Å². The number of nitrogens with one attached hydrogen (secondary N) is 1. The Morgan fingerprint density at radius 2 is 2.00 bits per heavy atom. The van der Waals surface area contributed by atoms with Crippen molar-refractivity contribution in [3.05, 3.63) is 82.3 Å². The summed E-state index contributed by atoms with van der Waals surface area (Å²) < 4.78 is 5.85. The smallest absolute Gasteiger partial charge is 0.251 e. The Hall–Kier alpha value is -3.39. The Bertz CT molecular complexity index is 926. The lowest BCUT2D eigenvalue weighted by molar-refractivity contribution is 0.307. The van der Waals surface area contributed by atoms with Gasteiger partial charge in [-0.25, -0.2) is 4.98 Å². The van der Waals surface area contributed by atoms with Crippen molar-refractivity contribution in [2.45, 2.75) is 6.61 Å². The highest BCUT2D eigenvalue weighted by Crippen LogP contribution is 2.27. The Morgan fingerprint density at radius 3 is 2.83 bits per heavy atom. The van der Waals surface area contributed by atoms with E-state index in [-0.39, 0.29) is 5.56 Å². The fraction of sp³-hybridized carbons (Fsp3) is 0.0556. The van der Waals surface area contributed by atoms with E-state index < -0.39 is 0 Å². The summed E-state index contributed by atoms with van der Waals surface area (Å²) in [6.45, 7) is 0.323. The molecule has 1 N–H and O–H groups in total. The number of nitriles is 1. The van der Waals surface area contributed by atoms with Gasteiger partial charge in [-0.05, 0) is 29.8 Å². The Morgan fingerprint density at radius 1 is 1.13 bits per heavy atom. The Kier molecular flexibility index (Phi) is 4.16. The molecule has 5 heteroatoms. The number of aromatic nitrogens is 2. The maximum Gasteiger partial charge on any atom is 0.251 e. The molecule has 0 aliphatic rings. The second kappa shape index (κ2) is 6.58. The molecule has 0 saturated carbocycles. The van der Waals surface area contributed by atoms with Crippen LogP contribution >= 0.6 is 0 Å². The molecule has 0 saturated heterocycles. The third-order valence-corrected chi connectivity index (χ3v) is 3.26. The highest BCUT2D eigenvalue weighted by molar-refractivity contribution is 5.63. The predicted octanol–water partition coefficient (Wildman–Crippen LogP) is 2.89. The minimum absolute atomic E-state index is 0.216. The molecule has 0 aliphatic heterocycles. The van der Waals surface area contributed by atoms with Crippen LogP contribution in [-0.4, -0.2) is 9.97 Å². The van der Waals surface area contributed by atoms with Crippen LogP contribution in [0.2, 0.25) is 0 Å². The first-order valence-corrected chi connectivity index (χ1v) is 7.03. The number of ether oxygens (including phenoxy) is 1. The summed E-state index contributed by atoms with van der Waals surface area (Å²) in [4.78, 5) is 18.3. The molecule has 23 heavy (non-hydrogen) atoms. The molecule has 5 nitrogen and oxygen atoms in total. The van der Waals surface area contributed by atoms with E-state index in [1.54, 1.807) is 12.1 Å². The predicted molar refractivity (Wildman–Crippen MR) is 85.8 cm³/mol. The van der Waals surface area contributed by atoms with E-state index in [0.29, 0.717) is 29.3 Å². The zero-order valence-corrected chi connectivity index (χ0v) is 12.2. The van der Waals surface area contributed by atoms with E-state index in [1.807, 2.05) is 36.4 Å². The van der Waals surface area contributed by atoms with Crippen molar-refractivity contribution in [1.29, 1.82) is 5.26 Å². The number of hydrogen-bond donors (Lipinski definition) is 1. The first-order valence-electron chi connectivity index (χ1n) is 7.03. The molecule has 1 heterocycles. The van der Waals surface area contributed by atoms with E-state index in [4.69, 9.17) is 10.00 Å². The molecular weight excluding hydrogens is 290 g/mol. The van der Waals surface area contributed by atoms with Gasteiger partial charge in [-0.3, -0.25) is 4.79 Å². The average Bonchev–Trinajstić information content (AvgIpc) is 2.60. The number of rotatable bonds is 4. The number of hydrogen-bond acceptors (Lipinski definition) is 4. The number of para-hydroxylation sites is 1. The van der Waals surface area contributed by atoms with Crippen molar-refractivity contribution >= 4 is 0 Å². The van der Waals surface area contributed by atoms with Crippen LogP contribution in [0.4, 0.5) is 0 Å². The molecule has 0 unspecified atom stereocenters.